The lowest BCUT2D eigenvalue weighted by Crippen LogP contribution is -2.32. The SMILES string of the molecule is CN(C)CCn1ncc(Br)c1C(NN)c1cncc(F)c1. The van der Waals surface area contributed by atoms with Crippen LogP contribution < -0.4 is 11.3 Å². The molecule has 2 aromatic heterocycles. The van der Waals surface area contributed by atoms with Gasteiger partial charge in [0.2, 0.25) is 0 Å². The lowest BCUT2D eigenvalue weighted by atomic mass is 10.1. The van der Waals surface area contributed by atoms with Gasteiger partial charge in [-0.15, -0.1) is 0 Å². The minimum absolute atomic E-state index is 0.396. The largest absolute Gasteiger partial charge is 0.308 e. The number of pyridine rings is 1. The maximum absolute atomic E-state index is 13.4. The Morgan fingerprint density at radius 2 is 2.19 bits per heavy atom. The van der Waals surface area contributed by atoms with E-state index in [1.165, 1.54) is 6.07 Å². The van der Waals surface area contributed by atoms with Crippen LogP contribution in [0.25, 0.3) is 0 Å². The molecule has 6 nitrogen and oxygen atoms in total. The summed E-state index contributed by atoms with van der Waals surface area (Å²) in [4.78, 5) is 5.94. The summed E-state index contributed by atoms with van der Waals surface area (Å²) in [6.07, 6.45) is 4.46. The molecule has 21 heavy (non-hydrogen) atoms. The van der Waals surface area contributed by atoms with Gasteiger partial charge in [0.1, 0.15) is 5.82 Å². The average Bonchev–Trinajstić information content (AvgIpc) is 2.79. The average molecular weight is 357 g/mol. The summed E-state index contributed by atoms with van der Waals surface area (Å²) in [5.74, 6) is 5.27. The smallest absolute Gasteiger partial charge is 0.141 e. The van der Waals surface area contributed by atoms with Crippen molar-refractivity contribution in [1.82, 2.24) is 25.1 Å². The Balaban J connectivity index is 2.35. The Hall–Kier alpha value is -1.35. The fraction of sp³-hybridized carbons (Fsp3) is 0.385. The fourth-order valence-electron chi connectivity index (χ4n) is 2.05. The van der Waals surface area contributed by atoms with Crippen molar-refractivity contribution in [2.75, 3.05) is 20.6 Å². The van der Waals surface area contributed by atoms with Crippen molar-refractivity contribution in [2.24, 2.45) is 5.84 Å². The van der Waals surface area contributed by atoms with Crippen LogP contribution in [0.5, 0.6) is 0 Å². The molecule has 0 saturated carbocycles. The van der Waals surface area contributed by atoms with Crippen LogP contribution in [0.15, 0.2) is 29.1 Å². The second-order valence-electron chi connectivity index (χ2n) is 4.94. The third kappa shape index (κ3) is 3.85. The van der Waals surface area contributed by atoms with Gasteiger partial charge in [0.15, 0.2) is 0 Å². The van der Waals surface area contributed by atoms with Crippen LogP contribution in [0.3, 0.4) is 0 Å². The van der Waals surface area contributed by atoms with E-state index in [9.17, 15) is 4.39 Å². The van der Waals surface area contributed by atoms with Crippen molar-refractivity contribution in [2.45, 2.75) is 12.6 Å². The molecule has 3 N–H and O–H groups in total. The monoisotopic (exact) mass is 356 g/mol. The number of nitrogens with zero attached hydrogens (tertiary/aromatic N) is 4. The highest BCUT2D eigenvalue weighted by atomic mass is 79.9. The van der Waals surface area contributed by atoms with Gasteiger partial charge in [0, 0.05) is 12.7 Å². The van der Waals surface area contributed by atoms with Gasteiger partial charge in [-0.3, -0.25) is 15.5 Å². The second kappa shape index (κ2) is 7.08. The predicted octanol–water partition coefficient (Wildman–Crippen LogP) is 1.29. The van der Waals surface area contributed by atoms with Crippen molar-refractivity contribution in [3.05, 3.63) is 46.2 Å². The van der Waals surface area contributed by atoms with Crippen LogP contribution in [0.4, 0.5) is 4.39 Å². The number of nitrogens with one attached hydrogen (secondary N) is 1. The van der Waals surface area contributed by atoms with Gasteiger partial charge in [-0.25, -0.2) is 9.82 Å². The molecule has 0 aliphatic heterocycles. The van der Waals surface area contributed by atoms with Gasteiger partial charge < -0.3 is 4.90 Å². The van der Waals surface area contributed by atoms with E-state index >= 15 is 0 Å². The van der Waals surface area contributed by atoms with E-state index in [0.717, 1.165) is 22.9 Å². The predicted molar refractivity (Wildman–Crippen MR) is 81.8 cm³/mol. The van der Waals surface area contributed by atoms with Crippen LogP contribution in [0, 0.1) is 5.82 Å². The third-order valence-corrected chi connectivity index (χ3v) is 3.70. The standard InChI is InChI=1S/C13H18BrFN6/c1-20(2)3-4-21-13(11(14)8-18-21)12(19-16)9-5-10(15)7-17-6-9/h5-8,12,19H,3-4,16H2,1-2H3. The number of hydrogen-bond donors (Lipinski definition) is 2. The van der Waals surface area contributed by atoms with Crippen LogP contribution in [-0.2, 0) is 6.54 Å². The van der Waals surface area contributed by atoms with Gasteiger partial charge in [-0.05, 0) is 41.7 Å². The molecule has 0 aliphatic rings. The van der Waals surface area contributed by atoms with Crippen LogP contribution >= 0.6 is 15.9 Å². The second-order valence-corrected chi connectivity index (χ2v) is 5.79. The molecule has 1 atom stereocenters. The zero-order valence-electron chi connectivity index (χ0n) is 11.9. The van der Waals surface area contributed by atoms with Crippen molar-refractivity contribution < 1.29 is 4.39 Å². The summed E-state index contributed by atoms with van der Waals surface area (Å²) in [5, 5.41) is 4.34. The maximum Gasteiger partial charge on any atom is 0.141 e. The van der Waals surface area contributed by atoms with E-state index in [1.807, 2.05) is 18.8 Å². The topological polar surface area (TPSA) is 72.0 Å². The minimum Gasteiger partial charge on any atom is -0.308 e. The minimum atomic E-state index is -0.400. The molecule has 0 spiro atoms. The van der Waals surface area contributed by atoms with E-state index < -0.39 is 11.9 Å². The number of hydrazine groups is 1. The first-order valence-corrected chi connectivity index (χ1v) is 7.24. The zero-order chi connectivity index (χ0) is 15.4. The molecule has 2 heterocycles. The van der Waals surface area contributed by atoms with Crippen molar-refractivity contribution in [1.29, 1.82) is 0 Å². The lowest BCUT2D eigenvalue weighted by molar-refractivity contribution is 0.365. The van der Waals surface area contributed by atoms with Gasteiger partial charge in [0.05, 0.1) is 35.1 Å². The number of likely N-dealkylation sites (N-methyl/N-ethyl adjacent to an activating group) is 1. The molecule has 0 bridgehead atoms. The Morgan fingerprint density at radius 3 is 2.81 bits per heavy atom. The summed E-state index contributed by atoms with van der Waals surface area (Å²) < 4.78 is 16.0. The molecule has 0 aromatic carbocycles. The summed E-state index contributed by atoms with van der Waals surface area (Å²) >= 11 is 3.47. The number of rotatable bonds is 6. The zero-order valence-corrected chi connectivity index (χ0v) is 13.5. The normalized spacial score (nSPS) is 12.9. The number of hydrogen-bond acceptors (Lipinski definition) is 5. The van der Waals surface area contributed by atoms with Gasteiger partial charge in [-0.1, -0.05) is 0 Å². The van der Waals surface area contributed by atoms with Gasteiger partial charge >= 0.3 is 0 Å². The van der Waals surface area contributed by atoms with Gasteiger partial charge in [-0.2, -0.15) is 5.10 Å². The van der Waals surface area contributed by atoms with Crippen molar-refractivity contribution in [3.63, 3.8) is 0 Å². The molecule has 1 unspecified atom stereocenters. The molecule has 0 radical (unpaired) electrons. The molecule has 0 aliphatic carbocycles. The molecule has 8 heteroatoms. The summed E-state index contributed by atoms with van der Waals surface area (Å²) in [7, 11) is 3.99. The van der Waals surface area contributed by atoms with Crippen LogP contribution in [0.1, 0.15) is 17.3 Å². The molecule has 0 fully saturated rings. The number of halogens is 2. The molecule has 2 aromatic rings. The Bertz CT molecular complexity index is 600. The molecule has 0 saturated heterocycles. The first-order chi connectivity index (χ1) is 10.0. The molecular weight excluding hydrogens is 339 g/mol. The first kappa shape index (κ1) is 16.0. The fourth-order valence-corrected chi connectivity index (χ4v) is 2.58. The summed E-state index contributed by atoms with van der Waals surface area (Å²) in [5.41, 5.74) is 4.19. The highest BCUT2D eigenvalue weighted by molar-refractivity contribution is 9.10. The van der Waals surface area contributed by atoms with Crippen molar-refractivity contribution in [3.8, 4) is 0 Å². The summed E-state index contributed by atoms with van der Waals surface area (Å²) in [6.45, 7) is 1.54. The van der Waals surface area contributed by atoms with Crippen LogP contribution in [-0.4, -0.2) is 40.3 Å². The van der Waals surface area contributed by atoms with E-state index in [0.29, 0.717) is 12.1 Å². The molecule has 0 amide bonds. The Labute approximate surface area is 131 Å². The lowest BCUT2D eigenvalue weighted by Gasteiger charge is -2.19. The third-order valence-electron chi connectivity index (χ3n) is 3.09. The number of nitrogens with two attached hydrogens (primary N) is 1. The molecular formula is C13H18BrFN6. The van der Waals surface area contributed by atoms with E-state index in [4.69, 9.17) is 5.84 Å². The molecule has 114 valence electrons. The Kier molecular flexibility index (Phi) is 5.40. The van der Waals surface area contributed by atoms with E-state index in [-0.39, 0.29) is 0 Å². The van der Waals surface area contributed by atoms with E-state index in [2.05, 4.69) is 36.3 Å². The Morgan fingerprint density at radius 1 is 1.43 bits per heavy atom. The molecule has 2 rings (SSSR count). The number of aromatic nitrogens is 3. The first-order valence-electron chi connectivity index (χ1n) is 6.45. The quantitative estimate of drug-likeness (QED) is 0.602. The highest BCUT2D eigenvalue weighted by Crippen LogP contribution is 2.28. The van der Waals surface area contributed by atoms with Gasteiger partial charge in [0.25, 0.3) is 0 Å². The highest BCUT2D eigenvalue weighted by Gasteiger charge is 2.21. The van der Waals surface area contributed by atoms with E-state index in [1.54, 1.807) is 12.4 Å². The summed E-state index contributed by atoms with van der Waals surface area (Å²) in [6, 6.07) is 1.01. The maximum atomic E-state index is 13.4. The van der Waals surface area contributed by atoms with Crippen LogP contribution in [0.2, 0.25) is 0 Å². The van der Waals surface area contributed by atoms with Crippen molar-refractivity contribution >= 4 is 15.9 Å².